The van der Waals surface area contributed by atoms with Gasteiger partial charge >= 0.3 is 0 Å². The summed E-state index contributed by atoms with van der Waals surface area (Å²) in [7, 11) is 0. The van der Waals surface area contributed by atoms with Crippen LogP contribution in [-0.2, 0) is 0 Å². The summed E-state index contributed by atoms with van der Waals surface area (Å²) >= 11 is 4.83. The summed E-state index contributed by atoms with van der Waals surface area (Å²) in [5, 5.41) is 8.92. The van der Waals surface area contributed by atoms with Crippen LogP contribution in [0.4, 0.5) is 0 Å². The summed E-state index contributed by atoms with van der Waals surface area (Å²) in [6.45, 7) is 2.93. The van der Waals surface area contributed by atoms with Gasteiger partial charge in [0.05, 0.1) is 6.61 Å². The zero-order valence-electron chi connectivity index (χ0n) is 9.52. The topological polar surface area (TPSA) is 35.0 Å². The lowest BCUT2D eigenvalue weighted by molar-refractivity contribution is 0.309. The second-order valence-electron chi connectivity index (χ2n) is 3.59. The molecule has 5 heteroatoms. The lowest BCUT2D eigenvalue weighted by atomic mass is 10.2. The lowest BCUT2D eigenvalue weighted by Crippen LogP contribution is -1.95. The van der Waals surface area contributed by atoms with Crippen LogP contribution in [0.3, 0.4) is 0 Å². The number of halogens is 1. The first-order valence-corrected chi connectivity index (χ1v) is 7.13. The van der Waals surface area contributed by atoms with Crippen molar-refractivity contribution >= 4 is 27.3 Å². The van der Waals surface area contributed by atoms with Gasteiger partial charge in [0.1, 0.15) is 10.8 Å². The van der Waals surface area contributed by atoms with Crippen molar-refractivity contribution in [2.75, 3.05) is 6.61 Å². The van der Waals surface area contributed by atoms with Gasteiger partial charge in [-0.2, -0.15) is 0 Å². The van der Waals surface area contributed by atoms with Gasteiger partial charge in [-0.05, 0) is 46.6 Å². The monoisotopic (exact) mass is 312 g/mol. The van der Waals surface area contributed by atoms with Crippen molar-refractivity contribution in [1.82, 2.24) is 10.2 Å². The van der Waals surface area contributed by atoms with Crippen molar-refractivity contribution in [3.8, 4) is 16.3 Å². The fourth-order valence-electron chi connectivity index (χ4n) is 1.35. The smallest absolute Gasteiger partial charge is 0.183 e. The van der Waals surface area contributed by atoms with Crippen LogP contribution in [0.1, 0.15) is 19.8 Å². The van der Waals surface area contributed by atoms with E-state index in [1.807, 2.05) is 24.3 Å². The molecule has 0 saturated heterocycles. The fourth-order valence-corrected chi connectivity index (χ4v) is 2.47. The van der Waals surface area contributed by atoms with Crippen LogP contribution in [0.5, 0.6) is 5.75 Å². The highest BCUT2D eigenvalue weighted by atomic mass is 79.9. The molecule has 1 aromatic carbocycles. The van der Waals surface area contributed by atoms with Gasteiger partial charge in [0, 0.05) is 5.56 Å². The molecular weight excluding hydrogens is 300 g/mol. The fraction of sp³-hybridized carbons (Fsp3) is 0.333. The van der Waals surface area contributed by atoms with E-state index < -0.39 is 0 Å². The highest BCUT2D eigenvalue weighted by Gasteiger charge is 2.04. The summed E-state index contributed by atoms with van der Waals surface area (Å²) < 4.78 is 6.40. The Morgan fingerprint density at radius 2 is 2.00 bits per heavy atom. The molecule has 0 N–H and O–H groups in total. The van der Waals surface area contributed by atoms with Crippen molar-refractivity contribution in [3.63, 3.8) is 0 Å². The number of hydrogen-bond donors (Lipinski definition) is 0. The Labute approximate surface area is 113 Å². The van der Waals surface area contributed by atoms with Crippen LogP contribution in [0.25, 0.3) is 10.6 Å². The first-order chi connectivity index (χ1) is 8.29. The molecule has 0 unspecified atom stereocenters. The van der Waals surface area contributed by atoms with Gasteiger partial charge in [0.15, 0.2) is 3.92 Å². The second-order valence-corrected chi connectivity index (χ2v) is 5.84. The molecule has 0 bridgehead atoms. The maximum atomic E-state index is 5.60. The van der Waals surface area contributed by atoms with Crippen LogP contribution in [0, 0.1) is 0 Å². The Hall–Kier alpha value is -0.940. The predicted octanol–water partition coefficient (Wildman–Crippen LogP) is 4.15. The van der Waals surface area contributed by atoms with Crippen molar-refractivity contribution in [3.05, 3.63) is 28.2 Å². The first kappa shape index (κ1) is 12.5. The molecule has 0 aliphatic heterocycles. The Bertz CT molecular complexity index is 470. The third-order valence-corrected chi connectivity index (χ3v) is 3.67. The molecule has 1 heterocycles. The van der Waals surface area contributed by atoms with E-state index in [2.05, 4.69) is 33.1 Å². The molecule has 0 atom stereocenters. The van der Waals surface area contributed by atoms with E-state index in [1.54, 1.807) is 0 Å². The Morgan fingerprint density at radius 3 is 2.59 bits per heavy atom. The molecule has 0 aliphatic rings. The second kappa shape index (κ2) is 6.12. The number of hydrogen-bond acceptors (Lipinski definition) is 4. The summed E-state index contributed by atoms with van der Waals surface area (Å²) in [6.07, 6.45) is 2.24. The Morgan fingerprint density at radius 1 is 1.24 bits per heavy atom. The molecule has 0 aliphatic carbocycles. The SMILES string of the molecule is CCCCOc1ccc(-c2nnc(Br)s2)cc1. The normalized spacial score (nSPS) is 10.5. The van der Waals surface area contributed by atoms with Crippen LogP contribution >= 0.6 is 27.3 Å². The number of unbranched alkanes of at least 4 members (excludes halogenated alkanes) is 1. The molecule has 0 saturated carbocycles. The standard InChI is InChI=1S/C12H13BrN2OS/c1-2-3-8-16-10-6-4-9(5-7-10)11-14-15-12(13)17-11/h4-7H,2-3,8H2,1H3. The molecule has 1 aromatic heterocycles. The average molecular weight is 313 g/mol. The largest absolute Gasteiger partial charge is 0.494 e. The van der Waals surface area contributed by atoms with E-state index in [0.29, 0.717) is 0 Å². The number of ether oxygens (including phenoxy) is 1. The van der Waals surface area contributed by atoms with Crippen LogP contribution in [-0.4, -0.2) is 16.8 Å². The minimum atomic E-state index is 0.778. The Kier molecular flexibility index (Phi) is 4.50. The van der Waals surface area contributed by atoms with Crippen molar-refractivity contribution in [1.29, 1.82) is 0 Å². The van der Waals surface area contributed by atoms with E-state index >= 15 is 0 Å². The molecule has 2 rings (SSSR count). The number of aromatic nitrogens is 2. The van der Waals surface area contributed by atoms with Crippen LogP contribution in [0.2, 0.25) is 0 Å². The molecule has 90 valence electrons. The highest BCUT2D eigenvalue weighted by molar-refractivity contribution is 9.11. The molecule has 3 nitrogen and oxygen atoms in total. The average Bonchev–Trinajstić information content (AvgIpc) is 2.77. The molecule has 0 radical (unpaired) electrons. The highest BCUT2D eigenvalue weighted by Crippen LogP contribution is 2.27. The maximum Gasteiger partial charge on any atom is 0.183 e. The molecule has 2 aromatic rings. The quantitative estimate of drug-likeness (QED) is 0.778. The third-order valence-electron chi connectivity index (χ3n) is 2.27. The molecule has 0 fully saturated rings. The summed E-state index contributed by atoms with van der Waals surface area (Å²) in [5.74, 6) is 0.908. The van der Waals surface area contributed by atoms with Gasteiger partial charge in [0.25, 0.3) is 0 Å². The molecular formula is C12H13BrN2OS. The summed E-state index contributed by atoms with van der Waals surface area (Å²) in [6, 6.07) is 7.96. The summed E-state index contributed by atoms with van der Waals surface area (Å²) in [5.41, 5.74) is 1.07. The zero-order chi connectivity index (χ0) is 12.1. The number of benzene rings is 1. The lowest BCUT2D eigenvalue weighted by Gasteiger charge is -2.05. The minimum Gasteiger partial charge on any atom is -0.494 e. The van der Waals surface area contributed by atoms with Crippen molar-refractivity contribution < 1.29 is 4.74 Å². The van der Waals surface area contributed by atoms with E-state index in [-0.39, 0.29) is 0 Å². The number of rotatable bonds is 5. The number of nitrogens with zero attached hydrogens (tertiary/aromatic N) is 2. The van der Waals surface area contributed by atoms with Crippen LogP contribution < -0.4 is 4.74 Å². The van der Waals surface area contributed by atoms with E-state index in [0.717, 1.165) is 39.7 Å². The molecule has 17 heavy (non-hydrogen) atoms. The molecule has 0 amide bonds. The van der Waals surface area contributed by atoms with Gasteiger partial charge in [-0.15, -0.1) is 10.2 Å². The Balaban J connectivity index is 2.02. The van der Waals surface area contributed by atoms with Gasteiger partial charge < -0.3 is 4.74 Å². The molecule has 0 spiro atoms. The summed E-state index contributed by atoms with van der Waals surface area (Å²) in [4.78, 5) is 0. The van der Waals surface area contributed by atoms with Gasteiger partial charge in [-0.25, -0.2) is 0 Å². The third kappa shape index (κ3) is 3.51. The van der Waals surface area contributed by atoms with E-state index in [1.165, 1.54) is 11.3 Å². The van der Waals surface area contributed by atoms with Gasteiger partial charge in [0.2, 0.25) is 0 Å². The van der Waals surface area contributed by atoms with Crippen LogP contribution in [0.15, 0.2) is 28.2 Å². The van der Waals surface area contributed by atoms with Crippen molar-refractivity contribution in [2.24, 2.45) is 0 Å². The van der Waals surface area contributed by atoms with E-state index in [4.69, 9.17) is 4.74 Å². The predicted molar refractivity (Wildman–Crippen MR) is 73.4 cm³/mol. The minimum absolute atomic E-state index is 0.778. The zero-order valence-corrected chi connectivity index (χ0v) is 11.9. The van der Waals surface area contributed by atoms with Gasteiger partial charge in [-0.1, -0.05) is 24.7 Å². The maximum absolute atomic E-state index is 5.60. The van der Waals surface area contributed by atoms with Crippen molar-refractivity contribution in [2.45, 2.75) is 19.8 Å². The van der Waals surface area contributed by atoms with E-state index in [9.17, 15) is 0 Å². The first-order valence-electron chi connectivity index (χ1n) is 5.52. The van der Waals surface area contributed by atoms with Gasteiger partial charge in [-0.3, -0.25) is 0 Å².